The third-order valence-corrected chi connectivity index (χ3v) is 3.01. The minimum absolute atomic E-state index is 0.179. The van der Waals surface area contributed by atoms with E-state index in [0.717, 1.165) is 18.2 Å². The average Bonchev–Trinajstić information content (AvgIpc) is 3.06. The van der Waals surface area contributed by atoms with E-state index in [0.29, 0.717) is 0 Å². The number of nitrogens with one attached hydrogen (secondary N) is 2. The zero-order chi connectivity index (χ0) is 17.7. The Balaban J connectivity index is 1.96. The highest BCUT2D eigenvalue weighted by molar-refractivity contribution is 6.39. The van der Waals surface area contributed by atoms with E-state index < -0.39 is 35.3 Å². The minimum Gasteiger partial charge on any atom is -0.467 e. The number of benzene rings is 1. The molecule has 1 aromatic heterocycles. The first-order chi connectivity index (χ1) is 11.3. The van der Waals surface area contributed by atoms with Gasteiger partial charge in [-0.1, -0.05) is 12.1 Å². The van der Waals surface area contributed by atoms with Crippen LogP contribution in [0, 0.1) is 0 Å². The number of anilines is 1. The van der Waals surface area contributed by atoms with Gasteiger partial charge in [0.05, 0.1) is 24.1 Å². The van der Waals surface area contributed by atoms with Crippen LogP contribution < -0.4 is 10.6 Å². The van der Waals surface area contributed by atoms with Crippen molar-refractivity contribution >= 4 is 17.5 Å². The Kier molecular flexibility index (Phi) is 5.24. The molecule has 9 heteroatoms. The molecule has 1 atom stereocenters. The number of hydrogen-bond acceptors (Lipinski definition) is 4. The lowest BCUT2D eigenvalue weighted by molar-refractivity contribution is -0.138. The molecule has 6 nitrogen and oxygen atoms in total. The zero-order valence-corrected chi connectivity index (χ0v) is 12.1. The Morgan fingerprint density at radius 3 is 2.46 bits per heavy atom. The molecule has 0 aliphatic heterocycles. The summed E-state index contributed by atoms with van der Waals surface area (Å²) in [5, 5.41) is 13.7. The SMILES string of the molecule is O=C(NCC(O)c1ccco1)C(=O)Nc1ccccc1C(F)(F)F. The lowest BCUT2D eigenvalue weighted by Crippen LogP contribution is -2.37. The van der Waals surface area contributed by atoms with Crippen LogP contribution in [0.15, 0.2) is 47.1 Å². The van der Waals surface area contributed by atoms with Gasteiger partial charge in [-0.15, -0.1) is 0 Å². The van der Waals surface area contributed by atoms with Crippen LogP contribution in [0.4, 0.5) is 18.9 Å². The van der Waals surface area contributed by atoms with Crippen LogP contribution in [-0.2, 0) is 15.8 Å². The second kappa shape index (κ2) is 7.18. The van der Waals surface area contributed by atoms with Gasteiger partial charge in [-0.25, -0.2) is 0 Å². The van der Waals surface area contributed by atoms with Crippen LogP contribution in [0.1, 0.15) is 17.4 Å². The lowest BCUT2D eigenvalue weighted by Gasteiger charge is -2.14. The maximum Gasteiger partial charge on any atom is 0.418 e. The van der Waals surface area contributed by atoms with Gasteiger partial charge in [0.15, 0.2) is 0 Å². The highest BCUT2D eigenvalue weighted by Gasteiger charge is 2.34. The van der Waals surface area contributed by atoms with Gasteiger partial charge in [0.25, 0.3) is 0 Å². The molecule has 0 saturated heterocycles. The van der Waals surface area contributed by atoms with E-state index in [-0.39, 0.29) is 12.3 Å². The first-order valence-electron chi connectivity index (χ1n) is 6.76. The summed E-state index contributed by atoms with van der Waals surface area (Å²) >= 11 is 0. The standard InChI is InChI=1S/C15H13F3N2O4/c16-15(17,18)9-4-1-2-5-10(9)20-14(23)13(22)19-8-11(21)12-6-3-7-24-12/h1-7,11,21H,8H2,(H,19,22)(H,20,23). The Labute approximate surface area is 134 Å². The summed E-state index contributed by atoms with van der Waals surface area (Å²) in [7, 11) is 0. The third-order valence-electron chi connectivity index (χ3n) is 3.01. The molecular formula is C15H13F3N2O4. The molecule has 1 unspecified atom stereocenters. The molecule has 0 radical (unpaired) electrons. The second-order valence-corrected chi connectivity index (χ2v) is 4.74. The maximum atomic E-state index is 12.8. The second-order valence-electron chi connectivity index (χ2n) is 4.74. The van der Waals surface area contributed by atoms with Gasteiger partial charge in [0.2, 0.25) is 0 Å². The summed E-state index contributed by atoms with van der Waals surface area (Å²) in [6, 6.07) is 7.28. The van der Waals surface area contributed by atoms with E-state index in [9.17, 15) is 27.9 Å². The molecule has 0 aliphatic carbocycles. The van der Waals surface area contributed by atoms with E-state index in [1.165, 1.54) is 24.5 Å². The first kappa shape index (κ1) is 17.5. The van der Waals surface area contributed by atoms with Gasteiger partial charge in [0, 0.05) is 0 Å². The summed E-state index contributed by atoms with van der Waals surface area (Å²) in [6.07, 6.45) is -4.53. The molecule has 2 aromatic rings. The quantitative estimate of drug-likeness (QED) is 0.742. The number of aliphatic hydroxyl groups is 1. The molecule has 128 valence electrons. The molecule has 1 heterocycles. The molecule has 1 aromatic carbocycles. The number of para-hydroxylation sites is 1. The van der Waals surface area contributed by atoms with Crippen molar-refractivity contribution in [1.82, 2.24) is 5.32 Å². The van der Waals surface area contributed by atoms with Crippen molar-refractivity contribution in [1.29, 1.82) is 0 Å². The smallest absolute Gasteiger partial charge is 0.418 e. The molecule has 2 rings (SSSR count). The summed E-state index contributed by atoms with van der Waals surface area (Å²) in [6.45, 7) is -0.333. The first-order valence-corrected chi connectivity index (χ1v) is 6.76. The number of amides is 2. The van der Waals surface area contributed by atoms with Gasteiger partial charge in [0.1, 0.15) is 11.9 Å². The minimum atomic E-state index is -4.67. The van der Waals surface area contributed by atoms with E-state index in [4.69, 9.17) is 4.42 Å². The average molecular weight is 342 g/mol. The highest BCUT2D eigenvalue weighted by Crippen LogP contribution is 2.34. The predicted octanol–water partition coefficient (Wildman–Crippen LogP) is 2.09. The summed E-state index contributed by atoms with van der Waals surface area (Å²) in [5.74, 6) is -2.28. The number of aliphatic hydroxyl groups excluding tert-OH is 1. The van der Waals surface area contributed by atoms with E-state index in [2.05, 4.69) is 5.32 Å². The molecule has 3 N–H and O–H groups in total. The van der Waals surface area contributed by atoms with E-state index >= 15 is 0 Å². The zero-order valence-electron chi connectivity index (χ0n) is 12.1. The van der Waals surface area contributed by atoms with E-state index in [1.54, 1.807) is 0 Å². The van der Waals surface area contributed by atoms with Crippen LogP contribution >= 0.6 is 0 Å². The Morgan fingerprint density at radius 1 is 1.12 bits per heavy atom. The summed E-state index contributed by atoms with van der Waals surface area (Å²) in [5.41, 5.74) is -1.60. The van der Waals surface area contributed by atoms with Crippen molar-refractivity contribution in [2.24, 2.45) is 0 Å². The molecule has 24 heavy (non-hydrogen) atoms. The number of furan rings is 1. The number of halogens is 3. The normalized spacial score (nSPS) is 12.5. The van der Waals surface area contributed by atoms with Crippen LogP contribution in [0.2, 0.25) is 0 Å². The third kappa shape index (κ3) is 4.35. The van der Waals surface area contributed by atoms with Crippen molar-refractivity contribution in [3.05, 3.63) is 54.0 Å². The van der Waals surface area contributed by atoms with Crippen molar-refractivity contribution in [3.63, 3.8) is 0 Å². The number of carbonyl (C=O) groups excluding carboxylic acids is 2. The van der Waals surface area contributed by atoms with Crippen LogP contribution in [0.5, 0.6) is 0 Å². The predicted molar refractivity (Wildman–Crippen MR) is 76.8 cm³/mol. The number of rotatable bonds is 4. The fraction of sp³-hybridized carbons (Fsp3) is 0.200. The lowest BCUT2D eigenvalue weighted by atomic mass is 10.1. The van der Waals surface area contributed by atoms with E-state index in [1.807, 2.05) is 5.32 Å². The number of hydrogen-bond donors (Lipinski definition) is 3. The summed E-state index contributed by atoms with van der Waals surface area (Å²) in [4.78, 5) is 23.3. The molecular weight excluding hydrogens is 329 g/mol. The number of alkyl halides is 3. The Hall–Kier alpha value is -2.81. The highest BCUT2D eigenvalue weighted by atomic mass is 19.4. The van der Waals surface area contributed by atoms with Crippen LogP contribution in [0.25, 0.3) is 0 Å². The molecule has 0 aliphatic rings. The van der Waals surface area contributed by atoms with Crippen molar-refractivity contribution in [2.75, 3.05) is 11.9 Å². The van der Waals surface area contributed by atoms with Gasteiger partial charge in [-0.3, -0.25) is 9.59 Å². The molecule has 0 fully saturated rings. The summed E-state index contributed by atoms with van der Waals surface area (Å²) < 4.78 is 43.4. The topological polar surface area (TPSA) is 91.6 Å². The van der Waals surface area contributed by atoms with Crippen molar-refractivity contribution < 1.29 is 32.3 Å². The maximum absolute atomic E-state index is 12.8. The van der Waals surface area contributed by atoms with Crippen LogP contribution in [-0.4, -0.2) is 23.5 Å². The fourth-order valence-corrected chi connectivity index (χ4v) is 1.87. The monoisotopic (exact) mass is 342 g/mol. The van der Waals surface area contributed by atoms with Gasteiger partial charge >= 0.3 is 18.0 Å². The van der Waals surface area contributed by atoms with Gasteiger partial charge in [-0.2, -0.15) is 13.2 Å². The molecule has 0 saturated carbocycles. The van der Waals surface area contributed by atoms with Gasteiger partial charge < -0.3 is 20.2 Å². The molecule has 2 amide bonds. The Bertz CT molecular complexity index is 714. The van der Waals surface area contributed by atoms with Crippen LogP contribution in [0.3, 0.4) is 0 Å². The number of carbonyl (C=O) groups is 2. The fourth-order valence-electron chi connectivity index (χ4n) is 1.87. The van der Waals surface area contributed by atoms with Gasteiger partial charge in [-0.05, 0) is 24.3 Å². The molecule has 0 spiro atoms. The van der Waals surface area contributed by atoms with Crippen molar-refractivity contribution in [3.8, 4) is 0 Å². The largest absolute Gasteiger partial charge is 0.467 e. The molecule has 0 bridgehead atoms. The van der Waals surface area contributed by atoms with Crippen molar-refractivity contribution in [2.45, 2.75) is 12.3 Å². The Morgan fingerprint density at radius 2 is 1.83 bits per heavy atom.